The standard InChI is InChI=1S/C9H17NO3/c11-5-8-6-12-9(13-8)3-7-1-2-10-4-7/h7-11H,1-6H2. The Morgan fingerprint density at radius 3 is 3.00 bits per heavy atom. The van der Waals surface area contributed by atoms with Crippen LogP contribution in [0.4, 0.5) is 0 Å². The van der Waals surface area contributed by atoms with Crippen LogP contribution in [0.5, 0.6) is 0 Å². The highest BCUT2D eigenvalue weighted by atomic mass is 16.7. The van der Waals surface area contributed by atoms with Gasteiger partial charge in [0.1, 0.15) is 6.10 Å². The molecule has 2 aliphatic rings. The average Bonchev–Trinajstić information content (AvgIpc) is 2.76. The fourth-order valence-electron chi connectivity index (χ4n) is 1.91. The molecule has 2 heterocycles. The largest absolute Gasteiger partial charge is 0.394 e. The Bertz CT molecular complexity index is 159. The van der Waals surface area contributed by atoms with E-state index in [-0.39, 0.29) is 19.0 Å². The quantitative estimate of drug-likeness (QED) is 0.638. The summed E-state index contributed by atoms with van der Waals surface area (Å²) in [6, 6.07) is 0. The van der Waals surface area contributed by atoms with Gasteiger partial charge in [-0.3, -0.25) is 0 Å². The Labute approximate surface area is 78.2 Å². The number of hydrogen-bond donors (Lipinski definition) is 2. The molecule has 4 nitrogen and oxygen atoms in total. The molecule has 4 heteroatoms. The van der Waals surface area contributed by atoms with E-state index < -0.39 is 0 Å². The molecule has 0 spiro atoms. The van der Waals surface area contributed by atoms with Crippen LogP contribution in [0.25, 0.3) is 0 Å². The summed E-state index contributed by atoms with van der Waals surface area (Å²) in [6.45, 7) is 2.80. The van der Waals surface area contributed by atoms with Crippen molar-refractivity contribution in [1.82, 2.24) is 5.32 Å². The number of aliphatic hydroxyl groups excluding tert-OH is 1. The van der Waals surface area contributed by atoms with Gasteiger partial charge in [0.25, 0.3) is 0 Å². The monoisotopic (exact) mass is 187 g/mol. The highest BCUT2D eigenvalue weighted by Gasteiger charge is 2.28. The van der Waals surface area contributed by atoms with Gasteiger partial charge in [0.05, 0.1) is 13.2 Å². The molecule has 0 saturated carbocycles. The van der Waals surface area contributed by atoms with Crippen LogP contribution in [-0.2, 0) is 9.47 Å². The van der Waals surface area contributed by atoms with Gasteiger partial charge < -0.3 is 19.9 Å². The van der Waals surface area contributed by atoms with Gasteiger partial charge in [-0.1, -0.05) is 0 Å². The van der Waals surface area contributed by atoms with Gasteiger partial charge >= 0.3 is 0 Å². The molecule has 2 saturated heterocycles. The van der Waals surface area contributed by atoms with Gasteiger partial charge in [-0.05, 0) is 25.4 Å². The maximum Gasteiger partial charge on any atom is 0.158 e. The van der Waals surface area contributed by atoms with Crippen LogP contribution in [-0.4, -0.2) is 43.8 Å². The zero-order chi connectivity index (χ0) is 9.10. The summed E-state index contributed by atoms with van der Waals surface area (Å²) < 4.78 is 10.9. The van der Waals surface area contributed by atoms with Crippen LogP contribution < -0.4 is 5.32 Å². The molecule has 0 aromatic rings. The van der Waals surface area contributed by atoms with Crippen LogP contribution in [0, 0.1) is 5.92 Å². The molecule has 13 heavy (non-hydrogen) atoms. The van der Waals surface area contributed by atoms with Crippen molar-refractivity contribution in [1.29, 1.82) is 0 Å². The number of nitrogens with one attached hydrogen (secondary N) is 1. The highest BCUT2D eigenvalue weighted by Crippen LogP contribution is 2.21. The van der Waals surface area contributed by atoms with E-state index >= 15 is 0 Å². The number of aliphatic hydroxyl groups is 1. The number of ether oxygens (including phenoxy) is 2. The average molecular weight is 187 g/mol. The van der Waals surface area contributed by atoms with E-state index in [1.807, 2.05) is 0 Å². The molecule has 0 aliphatic carbocycles. The van der Waals surface area contributed by atoms with Crippen molar-refractivity contribution in [2.75, 3.05) is 26.3 Å². The molecular weight excluding hydrogens is 170 g/mol. The molecule has 3 atom stereocenters. The van der Waals surface area contributed by atoms with Gasteiger partial charge in [0, 0.05) is 6.42 Å². The number of hydrogen-bond acceptors (Lipinski definition) is 4. The van der Waals surface area contributed by atoms with Crippen molar-refractivity contribution in [2.24, 2.45) is 5.92 Å². The van der Waals surface area contributed by atoms with Crippen LogP contribution in [0.2, 0.25) is 0 Å². The van der Waals surface area contributed by atoms with Crippen LogP contribution in [0.1, 0.15) is 12.8 Å². The second kappa shape index (κ2) is 4.37. The van der Waals surface area contributed by atoms with Crippen molar-refractivity contribution >= 4 is 0 Å². The van der Waals surface area contributed by atoms with E-state index in [1.54, 1.807) is 0 Å². The molecule has 0 radical (unpaired) electrons. The molecule has 2 fully saturated rings. The Morgan fingerprint density at radius 1 is 1.46 bits per heavy atom. The molecule has 0 bridgehead atoms. The smallest absolute Gasteiger partial charge is 0.158 e. The van der Waals surface area contributed by atoms with E-state index in [0.717, 1.165) is 19.5 Å². The van der Waals surface area contributed by atoms with E-state index in [0.29, 0.717) is 12.5 Å². The van der Waals surface area contributed by atoms with Crippen molar-refractivity contribution in [2.45, 2.75) is 25.2 Å². The first-order valence-corrected chi connectivity index (χ1v) is 4.97. The first-order valence-electron chi connectivity index (χ1n) is 4.97. The number of rotatable bonds is 3. The third kappa shape index (κ3) is 2.40. The predicted octanol–water partition coefficient (Wildman–Crippen LogP) is -0.280. The Morgan fingerprint density at radius 2 is 2.38 bits per heavy atom. The van der Waals surface area contributed by atoms with Gasteiger partial charge in [0.15, 0.2) is 6.29 Å². The molecule has 0 aromatic carbocycles. The molecule has 2 rings (SSSR count). The summed E-state index contributed by atoms with van der Waals surface area (Å²) >= 11 is 0. The maximum absolute atomic E-state index is 8.83. The van der Waals surface area contributed by atoms with E-state index in [1.165, 1.54) is 6.42 Å². The van der Waals surface area contributed by atoms with E-state index in [2.05, 4.69) is 5.32 Å². The minimum absolute atomic E-state index is 0.0689. The molecule has 3 unspecified atom stereocenters. The first-order chi connectivity index (χ1) is 6.38. The molecule has 0 amide bonds. The van der Waals surface area contributed by atoms with Gasteiger partial charge in [-0.2, -0.15) is 0 Å². The molecular formula is C9H17NO3. The fraction of sp³-hybridized carbons (Fsp3) is 1.00. The Balaban J connectivity index is 1.70. The second-order valence-corrected chi connectivity index (χ2v) is 3.80. The molecule has 76 valence electrons. The lowest BCUT2D eigenvalue weighted by atomic mass is 10.1. The maximum atomic E-state index is 8.83. The Hall–Kier alpha value is -0.160. The predicted molar refractivity (Wildman–Crippen MR) is 47.3 cm³/mol. The second-order valence-electron chi connectivity index (χ2n) is 3.80. The molecule has 2 N–H and O–H groups in total. The van der Waals surface area contributed by atoms with Crippen LogP contribution in [0.15, 0.2) is 0 Å². The lowest BCUT2D eigenvalue weighted by Gasteiger charge is -2.14. The van der Waals surface area contributed by atoms with Crippen molar-refractivity contribution < 1.29 is 14.6 Å². The lowest BCUT2D eigenvalue weighted by Crippen LogP contribution is -2.19. The topological polar surface area (TPSA) is 50.7 Å². The van der Waals surface area contributed by atoms with Crippen LogP contribution >= 0.6 is 0 Å². The molecule has 2 aliphatic heterocycles. The fourth-order valence-corrected chi connectivity index (χ4v) is 1.91. The first kappa shape index (κ1) is 9.40. The minimum Gasteiger partial charge on any atom is -0.394 e. The van der Waals surface area contributed by atoms with E-state index in [9.17, 15) is 0 Å². The summed E-state index contributed by atoms with van der Waals surface area (Å²) in [6.07, 6.45) is 2.00. The zero-order valence-electron chi connectivity index (χ0n) is 7.74. The summed E-state index contributed by atoms with van der Waals surface area (Å²) in [5.74, 6) is 0.683. The SMILES string of the molecule is OCC1COC(CC2CCNC2)O1. The highest BCUT2D eigenvalue weighted by molar-refractivity contribution is 4.74. The third-order valence-corrected chi connectivity index (χ3v) is 2.70. The zero-order valence-corrected chi connectivity index (χ0v) is 7.74. The van der Waals surface area contributed by atoms with E-state index in [4.69, 9.17) is 14.6 Å². The normalized spacial score (nSPS) is 39.9. The van der Waals surface area contributed by atoms with Gasteiger partial charge in [-0.15, -0.1) is 0 Å². The summed E-state index contributed by atoms with van der Waals surface area (Å²) in [4.78, 5) is 0. The lowest BCUT2D eigenvalue weighted by molar-refractivity contribution is -0.0765. The summed E-state index contributed by atoms with van der Waals surface area (Å²) in [5.41, 5.74) is 0. The van der Waals surface area contributed by atoms with Gasteiger partial charge in [0.2, 0.25) is 0 Å². The Kier molecular flexibility index (Phi) is 3.16. The summed E-state index contributed by atoms with van der Waals surface area (Å²) in [5, 5.41) is 12.1. The third-order valence-electron chi connectivity index (χ3n) is 2.70. The van der Waals surface area contributed by atoms with Gasteiger partial charge in [-0.25, -0.2) is 0 Å². The summed E-state index contributed by atoms with van der Waals surface area (Å²) in [7, 11) is 0. The minimum atomic E-state index is -0.0978. The van der Waals surface area contributed by atoms with Crippen molar-refractivity contribution in [3.63, 3.8) is 0 Å². The van der Waals surface area contributed by atoms with Crippen molar-refractivity contribution in [3.05, 3.63) is 0 Å². The van der Waals surface area contributed by atoms with Crippen LogP contribution in [0.3, 0.4) is 0 Å². The van der Waals surface area contributed by atoms with Crippen molar-refractivity contribution in [3.8, 4) is 0 Å². The molecule has 0 aromatic heterocycles.